The average molecular weight is 264 g/mol. The molecule has 0 spiro atoms. The van der Waals surface area contributed by atoms with Crippen LogP contribution in [0.25, 0.3) is 0 Å². The van der Waals surface area contributed by atoms with Crippen LogP contribution in [0.2, 0.25) is 0 Å². The highest BCUT2D eigenvalue weighted by Gasteiger charge is 2.37. The van der Waals surface area contributed by atoms with Gasteiger partial charge in [0.15, 0.2) is 0 Å². The maximum absolute atomic E-state index is 3.82. The van der Waals surface area contributed by atoms with Crippen LogP contribution in [-0.2, 0) is 0 Å². The Bertz CT molecular complexity index is 273. The summed E-state index contributed by atoms with van der Waals surface area (Å²) in [5, 5.41) is 3.82. The first kappa shape index (κ1) is 13.9. The zero-order valence-electron chi connectivity index (χ0n) is 12.8. The van der Waals surface area contributed by atoms with Crippen LogP contribution in [0.15, 0.2) is 0 Å². The van der Waals surface area contributed by atoms with Gasteiger partial charge in [-0.1, -0.05) is 32.1 Å². The summed E-state index contributed by atoms with van der Waals surface area (Å²) in [6.07, 6.45) is 16.0. The molecule has 0 aliphatic heterocycles. The summed E-state index contributed by atoms with van der Waals surface area (Å²) in [5.74, 6) is 0. The van der Waals surface area contributed by atoms with E-state index in [2.05, 4.69) is 17.3 Å². The molecule has 0 saturated heterocycles. The Hall–Kier alpha value is -0.0800. The first-order valence-electron chi connectivity index (χ1n) is 8.71. The number of hydrogen-bond acceptors (Lipinski definition) is 2. The normalized spacial score (nSPS) is 28.1. The van der Waals surface area contributed by atoms with Crippen molar-refractivity contribution in [2.45, 2.75) is 82.7 Å². The third-order valence-corrected chi connectivity index (χ3v) is 5.79. The predicted octanol–water partition coefficient (Wildman–Crippen LogP) is 3.56. The van der Waals surface area contributed by atoms with Crippen LogP contribution in [0.4, 0.5) is 0 Å². The van der Waals surface area contributed by atoms with Gasteiger partial charge in [0.25, 0.3) is 0 Å². The van der Waals surface area contributed by atoms with E-state index in [1.807, 2.05) is 0 Å². The van der Waals surface area contributed by atoms with Gasteiger partial charge in [-0.05, 0) is 51.0 Å². The highest BCUT2D eigenvalue weighted by atomic mass is 15.1. The molecule has 2 nitrogen and oxygen atoms in total. The number of rotatable bonds is 6. The van der Waals surface area contributed by atoms with Gasteiger partial charge in [0.2, 0.25) is 0 Å². The third-order valence-electron chi connectivity index (χ3n) is 5.79. The van der Waals surface area contributed by atoms with Gasteiger partial charge in [-0.25, -0.2) is 0 Å². The van der Waals surface area contributed by atoms with Crippen molar-refractivity contribution >= 4 is 0 Å². The fourth-order valence-electron chi connectivity index (χ4n) is 4.34. The molecule has 3 fully saturated rings. The molecule has 0 unspecified atom stereocenters. The van der Waals surface area contributed by atoms with E-state index in [4.69, 9.17) is 0 Å². The second-order valence-corrected chi connectivity index (χ2v) is 7.57. The molecule has 0 aromatic carbocycles. The zero-order valence-corrected chi connectivity index (χ0v) is 12.8. The third kappa shape index (κ3) is 3.72. The number of hydrogen-bond donors (Lipinski definition) is 1. The van der Waals surface area contributed by atoms with E-state index in [0.717, 1.165) is 12.1 Å². The molecule has 0 bridgehead atoms. The highest BCUT2D eigenvalue weighted by molar-refractivity contribution is 4.93. The van der Waals surface area contributed by atoms with Crippen molar-refractivity contribution in [1.29, 1.82) is 0 Å². The van der Waals surface area contributed by atoms with Crippen LogP contribution in [0.5, 0.6) is 0 Å². The summed E-state index contributed by atoms with van der Waals surface area (Å²) in [6.45, 7) is 2.63. The summed E-state index contributed by atoms with van der Waals surface area (Å²) in [7, 11) is 2.40. The lowest BCUT2D eigenvalue weighted by atomic mass is 9.84. The maximum Gasteiger partial charge on any atom is 0.00924 e. The monoisotopic (exact) mass is 264 g/mol. The Balaban J connectivity index is 1.53. The minimum Gasteiger partial charge on any atom is -0.313 e. The molecule has 3 rings (SSSR count). The minimum atomic E-state index is 0.606. The first-order valence-corrected chi connectivity index (χ1v) is 8.71. The molecule has 2 heteroatoms. The second kappa shape index (κ2) is 6.13. The molecule has 0 aromatic rings. The van der Waals surface area contributed by atoms with Gasteiger partial charge in [0, 0.05) is 25.2 Å². The van der Waals surface area contributed by atoms with E-state index in [0.29, 0.717) is 5.41 Å². The van der Waals surface area contributed by atoms with Crippen molar-refractivity contribution < 1.29 is 0 Å². The lowest BCUT2D eigenvalue weighted by Crippen LogP contribution is -2.45. The van der Waals surface area contributed by atoms with Crippen LogP contribution in [0.1, 0.15) is 70.6 Å². The molecule has 0 amide bonds. The Kier molecular flexibility index (Phi) is 4.48. The van der Waals surface area contributed by atoms with E-state index in [1.165, 1.54) is 83.7 Å². The molecular weight excluding hydrogens is 232 g/mol. The molecule has 3 aliphatic carbocycles. The van der Waals surface area contributed by atoms with Crippen molar-refractivity contribution in [3.05, 3.63) is 0 Å². The van der Waals surface area contributed by atoms with Crippen LogP contribution >= 0.6 is 0 Å². The van der Waals surface area contributed by atoms with E-state index < -0.39 is 0 Å². The molecule has 0 heterocycles. The van der Waals surface area contributed by atoms with E-state index in [1.54, 1.807) is 0 Å². The van der Waals surface area contributed by atoms with Gasteiger partial charge < -0.3 is 10.2 Å². The lowest BCUT2D eigenvalue weighted by Gasteiger charge is -2.39. The van der Waals surface area contributed by atoms with Crippen LogP contribution in [-0.4, -0.2) is 37.1 Å². The van der Waals surface area contributed by atoms with Gasteiger partial charge in [0.05, 0.1) is 0 Å². The Morgan fingerprint density at radius 1 is 0.947 bits per heavy atom. The van der Waals surface area contributed by atoms with Crippen LogP contribution in [0, 0.1) is 5.41 Å². The summed E-state index contributed by atoms with van der Waals surface area (Å²) in [6, 6.07) is 1.75. The maximum atomic E-state index is 3.82. The second-order valence-electron chi connectivity index (χ2n) is 7.57. The molecule has 110 valence electrons. The fraction of sp³-hybridized carbons (Fsp3) is 1.00. The molecule has 0 radical (unpaired) electrons. The smallest absolute Gasteiger partial charge is 0.00924 e. The van der Waals surface area contributed by atoms with Crippen molar-refractivity contribution in [1.82, 2.24) is 10.2 Å². The standard InChI is InChI=1S/C17H32N2/c1-19(16-7-3-2-4-8-16)14-17(11-5-6-12-17)13-18-15-9-10-15/h15-16,18H,2-14H2,1H3. The highest BCUT2D eigenvalue weighted by Crippen LogP contribution is 2.40. The fourth-order valence-corrected chi connectivity index (χ4v) is 4.34. The molecule has 1 N–H and O–H groups in total. The van der Waals surface area contributed by atoms with E-state index in [9.17, 15) is 0 Å². The number of nitrogens with zero attached hydrogens (tertiary/aromatic N) is 1. The Labute approximate surface area is 119 Å². The zero-order chi connectivity index (χ0) is 13.1. The van der Waals surface area contributed by atoms with Crippen LogP contribution in [0.3, 0.4) is 0 Å². The average Bonchev–Trinajstić information content (AvgIpc) is 3.17. The van der Waals surface area contributed by atoms with Gasteiger partial charge in [-0.2, -0.15) is 0 Å². The molecule has 3 aliphatic rings. The SMILES string of the molecule is CN(CC1(CNC2CC2)CCCC1)C1CCCCC1. The van der Waals surface area contributed by atoms with Gasteiger partial charge in [0.1, 0.15) is 0 Å². The van der Waals surface area contributed by atoms with Crippen LogP contribution < -0.4 is 5.32 Å². The lowest BCUT2D eigenvalue weighted by molar-refractivity contribution is 0.113. The molecule has 0 atom stereocenters. The molecule has 3 saturated carbocycles. The number of nitrogens with one attached hydrogen (secondary N) is 1. The Morgan fingerprint density at radius 3 is 2.26 bits per heavy atom. The Morgan fingerprint density at radius 2 is 1.63 bits per heavy atom. The summed E-state index contributed by atoms with van der Waals surface area (Å²) in [4.78, 5) is 2.72. The quantitative estimate of drug-likeness (QED) is 0.789. The minimum absolute atomic E-state index is 0.606. The summed E-state index contributed by atoms with van der Waals surface area (Å²) in [5.41, 5.74) is 0.606. The van der Waals surface area contributed by atoms with E-state index >= 15 is 0 Å². The molecular formula is C17H32N2. The molecule has 19 heavy (non-hydrogen) atoms. The van der Waals surface area contributed by atoms with E-state index in [-0.39, 0.29) is 0 Å². The first-order chi connectivity index (χ1) is 9.27. The van der Waals surface area contributed by atoms with Crippen molar-refractivity contribution in [3.63, 3.8) is 0 Å². The largest absolute Gasteiger partial charge is 0.313 e. The van der Waals surface area contributed by atoms with Gasteiger partial charge in [-0.3, -0.25) is 0 Å². The van der Waals surface area contributed by atoms with Crippen molar-refractivity contribution in [3.8, 4) is 0 Å². The van der Waals surface area contributed by atoms with Crippen molar-refractivity contribution in [2.75, 3.05) is 20.1 Å². The predicted molar refractivity (Wildman–Crippen MR) is 81.4 cm³/mol. The summed E-state index contributed by atoms with van der Waals surface area (Å²) >= 11 is 0. The summed E-state index contributed by atoms with van der Waals surface area (Å²) < 4.78 is 0. The van der Waals surface area contributed by atoms with Gasteiger partial charge >= 0.3 is 0 Å². The van der Waals surface area contributed by atoms with Gasteiger partial charge in [-0.15, -0.1) is 0 Å². The van der Waals surface area contributed by atoms with Crippen molar-refractivity contribution in [2.24, 2.45) is 5.41 Å². The molecule has 0 aromatic heterocycles. The topological polar surface area (TPSA) is 15.3 Å².